The van der Waals surface area contributed by atoms with Crippen LogP contribution in [0.3, 0.4) is 0 Å². The van der Waals surface area contributed by atoms with Crippen LogP contribution in [0, 0.1) is 12.7 Å². The fourth-order valence-electron chi connectivity index (χ4n) is 4.31. The van der Waals surface area contributed by atoms with Gasteiger partial charge in [0.25, 0.3) is 0 Å². The first-order chi connectivity index (χ1) is 16.7. The SMILES string of the molecule is Cc1cc(-c2cc(N3CCN(c4ncccc4C(F)(F)F)CC3)nc(N3CC(O)C3)n2)ccc1F. The standard InChI is InChI=1S/C24H24F4N6O/c1-15-11-16(4-5-19(15)25)20-12-21(31-23(30-20)34-13-17(35)14-34)32-7-9-33(10-8-32)22-18(24(26,27)28)3-2-6-29-22/h2-6,11-12,17,35H,7-10,13-14H2,1H3. The molecule has 2 saturated heterocycles. The zero-order valence-electron chi connectivity index (χ0n) is 19.0. The number of halogens is 4. The highest BCUT2D eigenvalue weighted by molar-refractivity contribution is 5.66. The van der Waals surface area contributed by atoms with Gasteiger partial charge in [-0.1, -0.05) is 0 Å². The predicted molar refractivity (Wildman–Crippen MR) is 124 cm³/mol. The van der Waals surface area contributed by atoms with Crippen LogP contribution in [0.5, 0.6) is 0 Å². The maximum atomic E-state index is 13.8. The lowest BCUT2D eigenvalue weighted by atomic mass is 10.1. The first-order valence-electron chi connectivity index (χ1n) is 11.3. The molecule has 0 unspecified atom stereocenters. The van der Waals surface area contributed by atoms with Gasteiger partial charge in [-0.05, 0) is 42.8 Å². The smallest absolute Gasteiger partial charge is 0.389 e. The molecule has 2 fully saturated rings. The van der Waals surface area contributed by atoms with Crippen LogP contribution in [0.4, 0.5) is 35.1 Å². The summed E-state index contributed by atoms with van der Waals surface area (Å²) in [6.07, 6.45) is -3.55. The Morgan fingerprint density at radius 1 is 0.943 bits per heavy atom. The molecule has 2 aromatic heterocycles. The van der Waals surface area contributed by atoms with E-state index in [1.165, 1.54) is 18.3 Å². The Morgan fingerprint density at radius 3 is 2.31 bits per heavy atom. The molecule has 0 bridgehead atoms. The summed E-state index contributed by atoms with van der Waals surface area (Å²) in [7, 11) is 0. The van der Waals surface area contributed by atoms with Crippen LogP contribution >= 0.6 is 0 Å². The molecule has 184 valence electrons. The topological polar surface area (TPSA) is 68.6 Å². The molecule has 5 rings (SSSR count). The molecule has 1 aromatic carbocycles. The molecule has 0 amide bonds. The molecular formula is C24H24F4N6O. The number of aliphatic hydroxyl groups excluding tert-OH is 1. The monoisotopic (exact) mass is 488 g/mol. The number of aliphatic hydroxyl groups is 1. The molecule has 2 aliphatic rings. The summed E-state index contributed by atoms with van der Waals surface area (Å²) in [5.74, 6) is 0.708. The van der Waals surface area contributed by atoms with Crippen LogP contribution in [0.1, 0.15) is 11.1 Å². The van der Waals surface area contributed by atoms with E-state index in [0.29, 0.717) is 62.3 Å². The number of alkyl halides is 3. The predicted octanol–water partition coefficient (Wildman–Crippen LogP) is 3.51. The first kappa shape index (κ1) is 23.3. The van der Waals surface area contributed by atoms with Crippen LogP contribution in [0.25, 0.3) is 11.3 Å². The average molecular weight is 488 g/mol. The number of aryl methyl sites for hydroxylation is 1. The molecule has 7 nitrogen and oxygen atoms in total. The number of benzene rings is 1. The normalized spacial score (nSPS) is 17.0. The lowest BCUT2D eigenvalue weighted by Gasteiger charge is -2.38. The van der Waals surface area contributed by atoms with Crippen LogP contribution in [-0.4, -0.2) is 65.4 Å². The van der Waals surface area contributed by atoms with Gasteiger partial charge in [-0.15, -0.1) is 0 Å². The number of hydrogen-bond acceptors (Lipinski definition) is 7. The Bertz CT molecular complexity index is 1220. The fraction of sp³-hybridized carbons (Fsp3) is 0.375. The minimum Gasteiger partial charge on any atom is -0.389 e. The second-order valence-corrected chi connectivity index (χ2v) is 8.78. The highest BCUT2D eigenvalue weighted by Gasteiger charge is 2.36. The van der Waals surface area contributed by atoms with Crippen molar-refractivity contribution in [1.29, 1.82) is 0 Å². The number of anilines is 3. The fourth-order valence-corrected chi connectivity index (χ4v) is 4.31. The van der Waals surface area contributed by atoms with E-state index in [1.54, 1.807) is 24.0 Å². The van der Waals surface area contributed by atoms with Gasteiger partial charge in [0, 0.05) is 57.1 Å². The summed E-state index contributed by atoms with van der Waals surface area (Å²) in [5.41, 5.74) is 1.09. The lowest BCUT2D eigenvalue weighted by molar-refractivity contribution is -0.137. The second kappa shape index (κ2) is 8.95. The maximum absolute atomic E-state index is 13.8. The van der Waals surface area contributed by atoms with Gasteiger partial charge < -0.3 is 19.8 Å². The molecule has 0 atom stereocenters. The Hall–Kier alpha value is -3.47. The summed E-state index contributed by atoms with van der Waals surface area (Å²) in [5, 5.41) is 9.73. The molecular weight excluding hydrogens is 464 g/mol. The van der Waals surface area contributed by atoms with E-state index < -0.39 is 17.8 Å². The highest BCUT2D eigenvalue weighted by Crippen LogP contribution is 2.36. The largest absolute Gasteiger partial charge is 0.419 e. The van der Waals surface area contributed by atoms with E-state index in [2.05, 4.69) is 15.0 Å². The third-order valence-electron chi connectivity index (χ3n) is 6.29. The van der Waals surface area contributed by atoms with Gasteiger partial charge in [-0.3, -0.25) is 0 Å². The molecule has 35 heavy (non-hydrogen) atoms. The quantitative estimate of drug-likeness (QED) is 0.564. The zero-order chi connectivity index (χ0) is 24.7. The van der Waals surface area contributed by atoms with Crippen LogP contribution in [0.2, 0.25) is 0 Å². The molecule has 2 aliphatic heterocycles. The molecule has 3 aromatic rings. The van der Waals surface area contributed by atoms with E-state index in [9.17, 15) is 22.7 Å². The van der Waals surface area contributed by atoms with Gasteiger partial charge in [0.2, 0.25) is 5.95 Å². The van der Waals surface area contributed by atoms with Gasteiger partial charge in [-0.2, -0.15) is 18.2 Å². The summed E-state index contributed by atoms with van der Waals surface area (Å²) in [6, 6.07) is 8.91. The van der Waals surface area contributed by atoms with Crippen LogP contribution in [-0.2, 0) is 6.18 Å². The molecule has 0 spiro atoms. The Labute approximate surface area is 199 Å². The number of aromatic nitrogens is 3. The van der Waals surface area contributed by atoms with E-state index >= 15 is 0 Å². The third-order valence-corrected chi connectivity index (χ3v) is 6.29. The van der Waals surface area contributed by atoms with Crippen LogP contribution in [0.15, 0.2) is 42.6 Å². The number of β-amino-alcohol motifs (C(OH)–C–C–N with tert-alkyl or cyclic N) is 1. The summed E-state index contributed by atoms with van der Waals surface area (Å²) >= 11 is 0. The van der Waals surface area contributed by atoms with E-state index in [4.69, 9.17) is 0 Å². The summed E-state index contributed by atoms with van der Waals surface area (Å²) in [4.78, 5) is 18.8. The van der Waals surface area contributed by atoms with Crippen molar-refractivity contribution in [1.82, 2.24) is 15.0 Å². The van der Waals surface area contributed by atoms with Crippen molar-refractivity contribution in [3.05, 3.63) is 59.5 Å². The van der Waals surface area contributed by atoms with Crippen molar-refractivity contribution in [3.8, 4) is 11.3 Å². The van der Waals surface area contributed by atoms with Gasteiger partial charge in [-0.25, -0.2) is 14.4 Å². The Morgan fingerprint density at radius 2 is 1.66 bits per heavy atom. The molecule has 1 N–H and O–H groups in total. The third kappa shape index (κ3) is 4.72. The van der Waals surface area contributed by atoms with Crippen molar-refractivity contribution >= 4 is 17.6 Å². The van der Waals surface area contributed by atoms with Crippen molar-refractivity contribution in [2.24, 2.45) is 0 Å². The number of hydrogen-bond donors (Lipinski definition) is 1. The number of nitrogens with zero attached hydrogens (tertiary/aromatic N) is 6. The first-order valence-corrected chi connectivity index (χ1v) is 11.3. The van der Waals surface area contributed by atoms with Gasteiger partial charge in [0.1, 0.15) is 17.5 Å². The zero-order valence-corrected chi connectivity index (χ0v) is 19.0. The van der Waals surface area contributed by atoms with Crippen molar-refractivity contribution in [2.75, 3.05) is 54.0 Å². The average Bonchev–Trinajstić information content (AvgIpc) is 2.83. The lowest BCUT2D eigenvalue weighted by Crippen LogP contribution is -2.52. The van der Waals surface area contributed by atoms with E-state index in [1.807, 2.05) is 15.9 Å². The van der Waals surface area contributed by atoms with Gasteiger partial charge >= 0.3 is 6.18 Å². The Kier molecular flexibility index (Phi) is 5.96. The van der Waals surface area contributed by atoms with Crippen molar-refractivity contribution in [2.45, 2.75) is 19.2 Å². The van der Waals surface area contributed by atoms with E-state index in [0.717, 1.165) is 11.6 Å². The molecule has 11 heteroatoms. The van der Waals surface area contributed by atoms with Crippen LogP contribution < -0.4 is 14.7 Å². The molecule has 0 radical (unpaired) electrons. The Balaban J connectivity index is 1.41. The molecule has 4 heterocycles. The van der Waals surface area contributed by atoms with Crippen molar-refractivity contribution < 1.29 is 22.7 Å². The molecule has 0 aliphatic carbocycles. The van der Waals surface area contributed by atoms with Gasteiger partial charge in [0.15, 0.2) is 0 Å². The number of rotatable bonds is 4. The molecule has 0 saturated carbocycles. The summed E-state index contributed by atoms with van der Waals surface area (Å²) < 4.78 is 54.2. The minimum atomic E-state index is -4.48. The number of pyridine rings is 1. The number of piperazine rings is 1. The maximum Gasteiger partial charge on any atom is 0.419 e. The van der Waals surface area contributed by atoms with Gasteiger partial charge in [0.05, 0.1) is 17.4 Å². The highest BCUT2D eigenvalue weighted by atomic mass is 19.4. The summed E-state index contributed by atoms with van der Waals surface area (Å²) in [6.45, 7) is 4.07. The minimum absolute atomic E-state index is 0.0694. The second-order valence-electron chi connectivity index (χ2n) is 8.78. The van der Waals surface area contributed by atoms with Crippen molar-refractivity contribution in [3.63, 3.8) is 0 Å². The van der Waals surface area contributed by atoms with E-state index in [-0.39, 0.29) is 11.6 Å².